The van der Waals surface area contributed by atoms with E-state index < -0.39 is 22.4 Å². The zero-order valence-electron chi connectivity index (χ0n) is 9.22. The van der Waals surface area contributed by atoms with Crippen LogP contribution in [0.25, 0.3) is 0 Å². The summed E-state index contributed by atoms with van der Waals surface area (Å²) >= 11 is 0. The molecule has 0 fully saturated rings. The Labute approximate surface area is 99.7 Å². The minimum atomic E-state index is -3.88. The van der Waals surface area contributed by atoms with Crippen LogP contribution in [-0.4, -0.2) is 31.4 Å². The minimum Gasteiger partial charge on any atom is -0.392 e. The highest BCUT2D eigenvalue weighted by atomic mass is 32.2. The summed E-state index contributed by atoms with van der Waals surface area (Å²) in [6.07, 6.45) is 5.03. The van der Waals surface area contributed by atoms with Crippen molar-refractivity contribution in [3.8, 4) is 12.3 Å². The predicted molar refractivity (Wildman–Crippen MR) is 61.0 cm³/mol. The highest BCUT2D eigenvalue weighted by Crippen LogP contribution is 2.20. The highest BCUT2D eigenvalue weighted by molar-refractivity contribution is 7.89. The largest absolute Gasteiger partial charge is 0.392 e. The van der Waals surface area contributed by atoms with Crippen molar-refractivity contribution in [3.63, 3.8) is 0 Å². The molecule has 0 amide bonds. The maximum atomic E-state index is 13.1. The smallest absolute Gasteiger partial charge is 0.244 e. The van der Waals surface area contributed by atoms with Crippen LogP contribution in [0.5, 0.6) is 0 Å². The van der Waals surface area contributed by atoms with Crippen LogP contribution in [0.2, 0.25) is 0 Å². The molecule has 0 spiro atoms. The monoisotopic (exact) mass is 257 g/mol. The average molecular weight is 257 g/mol. The van der Waals surface area contributed by atoms with E-state index in [0.29, 0.717) is 0 Å². The van der Waals surface area contributed by atoms with Gasteiger partial charge < -0.3 is 5.11 Å². The van der Waals surface area contributed by atoms with Gasteiger partial charge in [0.15, 0.2) is 0 Å². The molecule has 4 nitrogen and oxygen atoms in total. The lowest BCUT2D eigenvalue weighted by atomic mass is 10.2. The number of hydrogen-bond acceptors (Lipinski definition) is 3. The molecule has 1 N–H and O–H groups in total. The van der Waals surface area contributed by atoms with Gasteiger partial charge in [0.05, 0.1) is 18.0 Å². The Kier molecular flexibility index (Phi) is 4.23. The second-order valence-electron chi connectivity index (χ2n) is 3.38. The predicted octanol–water partition coefficient (Wildman–Crippen LogP) is 0.572. The quantitative estimate of drug-likeness (QED) is 0.802. The lowest BCUT2D eigenvalue weighted by Crippen LogP contribution is -2.28. The van der Waals surface area contributed by atoms with Crippen LogP contribution >= 0.6 is 0 Å². The van der Waals surface area contributed by atoms with Crippen LogP contribution in [0.4, 0.5) is 4.39 Å². The van der Waals surface area contributed by atoms with Crippen molar-refractivity contribution in [2.24, 2.45) is 0 Å². The molecule has 0 saturated heterocycles. The van der Waals surface area contributed by atoms with E-state index in [0.717, 1.165) is 16.4 Å². The first kappa shape index (κ1) is 13.6. The van der Waals surface area contributed by atoms with Crippen LogP contribution in [0.3, 0.4) is 0 Å². The number of aliphatic hydroxyl groups is 1. The molecule has 0 aromatic heterocycles. The molecule has 0 bridgehead atoms. The number of benzene rings is 1. The van der Waals surface area contributed by atoms with Gasteiger partial charge in [-0.15, -0.1) is 6.42 Å². The second-order valence-corrected chi connectivity index (χ2v) is 5.39. The Morgan fingerprint density at radius 1 is 1.53 bits per heavy atom. The van der Waals surface area contributed by atoms with Gasteiger partial charge in [0.2, 0.25) is 10.0 Å². The lowest BCUT2D eigenvalue weighted by molar-refractivity contribution is 0.278. The van der Waals surface area contributed by atoms with Gasteiger partial charge in [0.25, 0.3) is 0 Å². The maximum Gasteiger partial charge on any atom is 0.244 e. The Hall–Kier alpha value is -1.42. The van der Waals surface area contributed by atoms with Gasteiger partial charge in [-0.25, -0.2) is 12.8 Å². The van der Waals surface area contributed by atoms with Gasteiger partial charge in [-0.2, -0.15) is 4.31 Å². The van der Waals surface area contributed by atoms with Crippen molar-refractivity contribution in [3.05, 3.63) is 29.6 Å². The Bertz CT molecular complexity index is 548. The summed E-state index contributed by atoms with van der Waals surface area (Å²) in [6, 6.07) is 3.19. The second kappa shape index (κ2) is 5.27. The van der Waals surface area contributed by atoms with E-state index in [1.165, 1.54) is 13.1 Å². The SMILES string of the molecule is C#CCN(C)S(=O)(=O)c1cc(F)ccc1CO. The topological polar surface area (TPSA) is 57.6 Å². The van der Waals surface area contributed by atoms with Crippen LogP contribution in [-0.2, 0) is 16.6 Å². The number of rotatable bonds is 4. The van der Waals surface area contributed by atoms with Crippen molar-refractivity contribution >= 4 is 10.0 Å². The molecular formula is C11H12FNO3S. The van der Waals surface area contributed by atoms with Crippen molar-refractivity contribution in [1.82, 2.24) is 4.31 Å². The van der Waals surface area contributed by atoms with Crippen LogP contribution in [0.1, 0.15) is 5.56 Å². The molecular weight excluding hydrogens is 245 g/mol. The fraction of sp³-hybridized carbons (Fsp3) is 0.273. The van der Waals surface area contributed by atoms with Crippen molar-refractivity contribution in [2.75, 3.05) is 13.6 Å². The van der Waals surface area contributed by atoms with Gasteiger partial charge in [0, 0.05) is 7.05 Å². The third kappa shape index (κ3) is 2.82. The molecule has 0 radical (unpaired) electrons. The van der Waals surface area contributed by atoms with E-state index in [-0.39, 0.29) is 17.0 Å². The summed E-state index contributed by atoms with van der Waals surface area (Å²) in [6.45, 7) is -0.609. The van der Waals surface area contributed by atoms with Gasteiger partial charge in [-0.3, -0.25) is 0 Å². The van der Waals surface area contributed by atoms with E-state index in [1.54, 1.807) is 0 Å². The van der Waals surface area contributed by atoms with Gasteiger partial charge >= 0.3 is 0 Å². The van der Waals surface area contributed by atoms with Gasteiger partial charge in [0.1, 0.15) is 5.82 Å². The third-order valence-corrected chi connectivity index (χ3v) is 4.09. The Morgan fingerprint density at radius 3 is 2.71 bits per heavy atom. The molecule has 17 heavy (non-hydrogen) atoms. The molecule has 0 aliphatic rings. The standard InChI is InChI=1S/C11H12FNO3S/c1-3-6-13(2)17(15,16)11-7-10(12)5-4-9(11)8-14/h1,4-5,7,14H,6,8H2,2H3. The first-order chi connectivity index (χ1) is 7.93. The lowest BCUT2D eigenvalue weighted by Gasteiger charge is -2.16. The number of terminal acetylenes is 1. The fourth-order valence-corrected chi connectivity index (χ4v) is 2.59. The number of halogens is 1. The Morgan fingerprint density at radius 2 is 2.18 bits per heavy atom. The van der Waals surface area contributed by atoms with Crippen molar-refractivity contribution in [2.45, 2.75) is 11.5 Å². The molecule has 0 aliphatic heterocycles. The summed E-state index contributed by atoms with van der Waals surface area (Å²) in [7, 11) is -2.58. The molecule has 0 atom stereocenters. The summed E-state index contributed by atoms with van der Waals surface area (Å²) < 4.78 is 38.0. The van der Waals surface area contributed by atoms with Crippen molar-refractivity contribution in [1.29, 1.82) is 0 Å². The van der Waals surface area contributed by atoms with E-state index in [1.807, 2.05) is 0 Å². The zero-order valence-corrected chi connectivity index (χ0v) is 10.0. The van der Waals surface area contributed by atoms with Gasteiger partial charge in [-0.05, 0) is 17.7 Å². The number of sulfonamides is 1. The molecule has 92 valence electrons. The molecule has 0 aliphatic carbocycles. The average Bonchev–Trinajstić information content (AvgIpc) is 2.29. The van der Waals surface area contributed by atoms with E-state index in [2.05, 4.69) is 5.92 Å². The van der Waals surface area contributed by atoms with Crippen LogP contribution < -0.4 is 0 Å². The fourth-order valence-electron chi connectivity index (χ4n) is 1.28. The summed E-state index contributed by atoms with van der Waals surface area (Å²) in [5, 5.41) is 9.04. The van der Waals surface area contributed by atoms with E-state index in [4.69, 9.17) is 11.5 Å². The molecule has 0 saturated carbocycles. The molecule has 1 aromatic rings. The number of aliphatic hydroxyl groups excluding tert-OH is 1. The molecule has 0 unspecified atom stereocenters. The van der Waals surface area contributed by atoms with E-state index in [9.17, 15) is 12.8 Å². The zero-order chi connectivity index (χ0) is 13.1. The normalized spacial score (nSPS) is 11.5. The summed E-state index contributed by atoms with van der Waals surface area (Å²) in [5.41, 5.74) is 0.135. The first-order valence-electron chi connectivity index (χ1n) is 4.72. The third-order valence-electron chi connectivity index (χ3n) is 2.20. The Balaban J connectivity index is 3.33. The molecule has 6 heteroatoms. The highest BCUT2D eigenvalue weighted by Gasteiger charge is 2.23. The molecule has 0 heterocycles. The van der Waals surface area contributed by atoms with Gasteiger partial charge in [-0.1, -0.05) is 12.0 Å². The molecule has 1 aromatic carbocycles. The molecule has 1 rings (SSSR count). The number of nitrogens with zero attached hydrogens (tertiary/aromatic N) is 1. The minimum absolute atomic E-state index is 0.121. The van der Waals surface area contributed by atoms with E-state index >= 15 is 0 Å². The van der Waals surface area contributed by atoms with Crippen LogP contribution in [0.15, 0.2) is 23.1 Å². The first-order valence-corrected chi connectivity index (χ1v) is 6.16. The maximum absolute atomic E-state index is 13.1. The number of hydrogen-bond donors (Lipinski definition) is 1. The summed E-state index contributed by atoms with van der Waals surface area (Å²) in [4.78, 5) is -0.266. The van der Waals surface area contributed by atoms with Crippen LogP contribution in [0, 0.1) is 18.2 Å². The summed E-state index contributed by atoms with van der Waals surface area (Å²) in [5.74, 6) is 1.50. The van der Waals surface area contributed by atoms with Crippen molar-refractivity contribution < 1.29 is 17.9 Å².